The van der Waals surface area contributed by atoms with E-state index in [4.69, 9.17) is 16.3 Å². The van der Waals surface area contributed by atoms with E-state index in [2.05, 4.69) is 15.1 Å². The molecule has 0 spiro atoms. The fourth-order valence-corrected chi connectivity index (χ4v) is 3.12. The first-order valence-corrected chi connectivity index (χ1v) is 9.56. The third-order valence-corrected chi connectivity index (χ3v) is 4.81. The van der Waals surface area contributed by atoms with Crippen LogP contribution in [0.3, 0.4) is 0 Å². The van der Waals surface area contributed by atoms with Crippen LogP contribution in [0.25, 0.3) is 16.7 Å². The van der Waals surface area contributed by atoms with Gasteiger partial charge in [0.1, 0.15) is 6.61 Å². The highest BCUT2D eigenvalue weighted by atomic mass is 35.5. The quantitative estimate of drug-likeness (QED) is 0.467. The van der Waals surface area contributed by atoms with Gasteiger partial charge in [0.25, 0.3) is 0 Å². The predicted octanol–water partition coefficient (Wildman–Crippen LogP) is 3.80. The van der Waals surface area contributed by atoms with Gasteiger partial charge in [-0.2, -0.15) is 5.10 Å². The molecule has 0 N–H and O–H groups in total. The molecule has 0 atom stereocenters. The number of hydrogen-bond donors (Lipinski definition) is 0. The summed E-state index contributed by atoms with van der Waals surface area (Å²) in [5.74, 6) is -0.822. The van der Waals surface area contributed by atoms with Gasteiger partial charge in [-0.3, -0.25) is 4.79 Å². The van der Waals surface area contributed by atoms with E-state index in [1.165, 1.54) is 10.7 Å². The highest BCUT2D eigenvalue weighted by Gasteiger charge is 2.18. The predicted molar refractivity (Wildman–Crippen MR) is 113 cm³/mol. The molecule has 4 rings (SSSR count). The molecule has 4 aromatic rings. The lowest BCUT2D eigenvalue weighted by Gasteiger charge is -2.11. The zero-order valence-electron chi connectivity index (χ0n) is 16.3. The Labute approximate surface area is 176 Å². The Kier molecular flexibility index (Phi) is 5.29. The third kappa shape index (κ3) is 3.92. The lowest BCUT2D eigenvalue weighted by molar-refractivity contribution is 0.0456. The largest absolute Gasteiger partial charge is 0.454 e. The van der Waals surface area contributed by atoms with Gasteiger partial charge in [-0.05, 0) is 50.2 Å². The molecular formula is C22H17ClN4O3. The van der Waals surface area contributed by atoms with Gasteiger partial charge in [0.2, 0.25) is 11.1 Å². The summed E-state index contributed by atoms with van der Waals surface area (Å²) in [6, 6.07) is 15.7. The molecule has 0 aliphatic carbocycles. The maximum absolute atomic E-state index is 12.6. The lowest BCUT2D eigenvalue weighted by Crippen LogP contribution is -2.24. The van der Waals surface area contributed by atoms with E-state index in [1.54, 1.807) is 38.1 Å². The Morgan fingerprint density at radius 1 is 1.03 bits per heavy atom. The molecule has 30 heavy (non-hydrogen) atoms. The van der Waals surface area contributed by atoms with Gasteiger partial charge in [0, 0.05) is 16.8 Å². The molecule has 0 saturated carbocycles. The van der Waals surface area contributed by atoms with Crippen LogP contribution < -0.4 is 5.43 Å². The molecule has 0 aliphatic heterocycles. The van der Waals surface area contributed by atoms with Crippen molar-refractivity contribution in [2.75, 3.05) is 0 Å². The molecule has 2 heterocycles. The van der Waals surface area contributed by atoms with Crippen LogP contribution >= 0.6 is 11.6 Å². The van der Waals surface area contributed by atoms with E-state index in [9.17, 15) is 9.59 Å². The van der Waals surface area contributed by atoms with Crippen LogP contribution in [0.5, 0.6) is 0 Å². The molecule has 0 amide bonds. The SMILES string of the molecule is Cc1nc2ccccc2nc1COC(=O)c1nn(-c2ccc(Cl)cc2)c(C)cc1=O. The van der Waals surface area contributed by atoms with Crippen LogP contribution in [0.15, 0.2) is 59.4 Å². The maximum atomic E-state index is 12.6. The summed E-state index contributed by atoms with van der Waals surface area (Å²) in [6.45, 7) is 3.41. The first-order chi connectivity index (χ1) is 14.4. The zero-order valence-corrected chi connectivity index (χ0v) is 17.1. The number of aromatic nitrogens is 4. The number of carbonyl (C=O) groups excluding carboxylic acids is 1. The van der Waals surface area contributed by atoms with Crippen molar-refractivity contribution in [1.82, 2.24) is 19.7 Å². The highest BCUT2D eigenvalue weighted by molar-refractivity contribution is 6.30. The molecule has 8 heteroatoms. The highest BCUT2D eigenvalue weighted by Crippen LogP contribution is 2.15. The van der Waals surface area contributed by atoms with Crippen LogP contribution in [0.4, 0.5) is 0 Å². The second-order valence-corrected chi connectivity index (χ2v) is 7.14. The molecule has 0 saturated heterocycles. The minimum absolute atomic E-state index is 0.113. The molecule has 7 nitrogen and oxygen atoms in total. The summed E-state index contributed by atoms with van der Waals surface area (Å²) < 4.78 is 6.83. The topological polar surface area (TPSA) is 87.0 Å². The smallest absolute Gasteiger partial charge is 0.363 e. The molecule has 0 bridgehead atoms. The van der Waals surface area contributed by atoms with E-state index >= 15 is 0 Å². The second-order valence-electron chi connectivity index (χ2n) is 6.71. The number of rotatable bonds is 4. The number of halogens is 1. The fourth-order valence-electron chi connectivity index (χ4n) is 3.00. The van der Waals surface area contributed by atoms with Gasteiger partial charge in [-0.15, -0.1) is 0 Å². The van der Waals surface area contributed by atoms with Gasteiger partial charge < -0.3 is 4.74 Å². The molecule has 2 aromatic heterocycles. The standard InChI is InChI=1S/C22H17ClN4O3/c1-13-11-20(28)21(26-27(13)16-9-7-15(23)8-10-16)22(29)30-12-19-14(2)24-17-5-3-4-6-18(17)25-19/h3-11H,12H2,1-2H3. The first kappa shape index (κ1) is 19.7. The van der Waals surface area contributed by atoms with Crippen LogP contribution in [0.1, 0.15) is 27.6 Å². The maximum Gasteiger partial charge on any atom is 0.363 e. The number of ether oxygens (including phenoxy) is 1. The number of aryl methyl sites for hydroxylation is 2. The monoisotopic (exact) mass is 420 g/mol. The number of carbonyl (C=O) groups is 1. The number of nitrogens with zero attached hydrogens (tertiary/aromatic N) is 4. The van der Waals surface area contributed by atoms with Crippen LogP contribution in [0.2, 0.25) is 5.02 Å². The Morgan fingerprint density at radius 2 is 1.70 bits per heavy atom. The van der Waals surface area contributed by atoms with Crippen LogP contribution in [-0.4, -0.2) is 25.7 Å². The molecule has 0 unspecified atom stereocenters. The Balaban J connectivity index is 1.61. The summed E-state index contributed by atoms with van der Waals surface area (Å²) in [6.07, 6.45) is 0. The molecule has 0 radical (unpaired) electrons. The van der Waals surface area contributed by atoms with Crippen molar-refractivity contribution in [3.8, 4) is 5.69 Å². The molecule has 0 fully saturated rings. The first-order valence-electron chi connectivity index (χ1n) is 9.18. The molecule has 0 aliphatic rings. The summed E-state index contributed by atoms with van der Waals surface area (Å²) in [5.41, 5.74) is 3.07. The third-order valence-electron chi connectivity index (χ3n) is 4.55. The van der Waals surface area contributed by atoms with Crippen LogP contribution in [0, 0.1) is 13.8 Å². The number of esters is 1. The van der Waals surface area contributed by atoms with Gasteiger partial charge in [0.15, 0.2) is 0 Å². The van der Waals surface area contributed by atoms with Gasteiger partial charge in [-0.25, -0.2) is 19.4 Å². The summed E-state index contributed by atoms with van der Waals surface area (Å²) in [4.78, 5) is 33.9. The minimum atomic E-state index is -0.822. The van der Waals surface area contributed by atoms with Crippen molar-refractivity contribution in [2.45, 2.75) is 20.5 Å². The Hall–Kier alpha value is -3.58. The molecule has 2 aromatic carbocycles. The summed E-state index contributed by atoms with van der Waals surface area (Å²) in [5, 5.41) is 4.78. The van der Waals surface area contributed by atoms with Gasteiger partial charge in [0.05, 0.1) is 28.1 Å². The Morgan fingerprint density at radius 3 is 2.40 bits per heavy atom. The minimum Gasteiger partial charge on any atom is -0.454 e. The van der Waals surface area contributed by atoms with Crippen molar-refractivity contribution in [2.24, 2.45) is 0 Å². The molecular weight excluding hydrogens is 404 g/mol. The second kappa shape index (κ2) is 8.04. The van der Waals surface area contributed by atoms with E-state index in [-0.39, 0.29) is 12.3 Å². The average molecular weight is 421 g/mol. The molecule has 150 valence electrons. The average Bonchev–Trinajstić information content (AvgIpc) is 2.73. The van der Waals surface area contributed by atoms with E-state index < -0.39 is 11.4 Å². The van der Waals surface area contributed by atoms with E-state index in [0.717, 1.165) is 5.52 Å². The number of para-hydroxylation sites is 2. The van der Waals surface area contributed by atoms with Crippen molar-refractivity contribution < 1.29 is 9.53 Å². The van der Waals surface area contributed by atoms with Crippen LogP contribution in [-0.2, 0) is 11.3 Å². The van der Waals surface area contributed by atoms with Crippen molar-refractivity contribution >= 4 is 28.6 Å². The van der Waals surface area contributed by atoms with E-state index in [0.29, 0.717) is 33.3 Å². The van der Waals surface area contributed by atoms with Crippen molar-refractivity contribution in [1.29, 1.82) is 0 Å². The fraction of sp³-hybridized carbons (Fsp3) is 0.136. The van der Waals surface area contributed by atoms with E-state index in [1.807, 2.05) is 24.3 Å². The number of benzene rings is 2. The van der Waals surface area contributed by atoms with Gasteiger partial charge >= 0.3 is 5.97 Å². The van der Waals surface area contributed by atoms with Crippen molar-refractivity contribution in [3.63, 3.8) is 0 Å². The summed E-state index contributed by atoms with van der Waals surface area (Å²) >= 11 is 5.93. The van der Waals surface area contributed by atoms with Gasteiger partial charge in [-0.1, -0.05) is 23.7 Å². The van der Waals surface area contributed by atoms with Crippen molar-refractivity contribution in [3.05, 3.63) is 92.6 Å². The Bertz CT molecular complexity index is 1320. The normalized spacial score (nSPS) is 10.9. The number of fused-ring (bicyclic) bond motifs is 1. The summed E-state index contributed by atoms with van der Waals surface area (Å²) in [7, 11) is 0. The number of hydrogen-bond acceptors (Lipinski definition) is 6. The lowest BCUT2D eigenvalue weighted by atomic mass is 10.2. The zero-order chi connectivity index (χ0) is 21.3.